The number of hydrogen-bond acceptors (Lipinski definition) is 4. The predicted octanol–water partition coefficient (Wildman–Crippen LogP) is 7.65. The highest BCUT2D eigenvalue weighted by Gasteiger charge is 2.36. The lowest BCUT2D eigenvalue weighted by Crippen LogP contribution is -2.34. The van der Waals surface area contributed by atoms with E-state index >= 15 is 0 Å². The molecule has 0 saturated carbocycles. The molecular formula is C28H50O4. The normalized spacial score (nSPS) is 18.3. The smallest absolute Gasteiger partial charge is 0.310 e. The second-order valence-corrected chi connectivity index (χ2v) is 10.4. The minimum Gasteiger partial charge on any atom is -0.465 e. The lowest BCUT2D eigenvalue weighted by molar-refractivity contribution is -0.161. The van der Waals surface area contributed by atoms with Crippen molar-refractivity contribution in [3.8, 4) is 0 Å². The van der Waals surface area contributed by atoms with E-state index in [2.05, 4.69) is 27.7 Å². The van der Waals surface area contributed by atoms with Crippen molar-refractivity contribution in [2.24, 2.45) is 23.7 Å². The highest BCUT2D eigenvalue weighted by atomic mass is 16.5. The quantitative estimate of drug-likeness (QED) is 0.122. The van der Waals surface area contributed by atoms with Crippen molar-refractivity contribution in [3.05, 3.63) is 12.2 Å². The van der Waals surface area contributed by atoms with Crippen LogP contribution >= 0.6 is 0 Å². The fraction of sp³-hybridized carbons (Fsp3) is 0.857. The molecule has 0 aromatic heterocycles. The second kappa shape index (κ2) is 18.1. The molecule has 1 aliphatic carbocycles. The number of unbranched alkanes of at least 4 members (excludes halogenated alkanes) is 8. The molecular weight excluding hydrogens is 400 g/mol. The molecule has 0 fully saturated rings. The van der Waals surface area contributed by atoms with Gasteiger partial charge in [0.15, 0.2) is 0 Å². The number of ether oxygens (including phenoxy) is 2. The highest BCUT2D eigenvalue weighted by Crippen LogP contribution is 2.28. The molecule has 0 aromatic carbocycles. The van der Waals surface area contributed by atoms with Crippen LogP contribution in [-0.4, -0.2) is 25.2 Å². The van der Waals surface area contributed by atoms with Crippen molar-refractivity contribution in [2.75, 3.05) is 13.2 Å². The number of allylic oxidation sites excluding steroid dienone is 2. The molecule has 0 aliphatic heterocycles. The summed E-state index contributed by atoms with van der Waals surface area (Å²) in [5.74, 6) is 0.297. The maximum Gasteiger partial charge on any atom is 0.310 e. The Labute approximate surface area is 197 Å². The molecule has 0 bridgehead atoms. The van der Waals surface area contributed by atoms with Crippen molar-refractivity contribution in [1.82, 2.24) is 0 Å². The Kier molecular flexibility index (Phi) is 16.3. The van der Waals surface area contributed by atoms with Crippen LogP contribution in [0.15, 0.2) is 12.2 Å². The number of rotatable bonds is 18. The first-order valence-electron chi connectivity index (χ1n) is 13.4. The summed E-state index contributed by atoms with van der Waals surface area (Å²) in [6, 6.07) is 0. The van der Waals surface area contributed by atoms with Crippen LogP contribution in [0, 0.1) is 23.7 Å². The summed E-state index contributed by atoms with van der Waals surface area (Å²) in [5, 5.41) is 0. The third kappa shape index (κ3) is 14.0. The molecule has 0 saturated heterocycles. The number of carbonyl (C=O) groups excluding carboxylic acids is 2. The fourth-order valence-corrected chi connectivity index (χ4v) is 4.26. The lowest BCUT2D eigenvalue weighted by Gasteiger charge is -2.25. The average Bonchev–Trinajstić information content (AvgIpc) is 2.76. The lowest BCUT2D eigenvalue weighted by atomic mass is 9.83. The fourth-order valence-electron chi connectivity index (χ4n) is 4.26. The molecule has 32 heavy (non-hydrogen) atoms. The molecule has 186 valence electrons. The predicted molar refractivity (Wildman–Crippen MR) is 132 cm³/mol. The van der Waals surface area contributed by atoms with Gasteiger partial charge in [-0.25, -0.2) is 0 Å². The zero-order valence-electron chi connectivity index (χ0n) is 21.4. The van der Waals surface area contributed by atoms with Crippen LogP contribution in [0.2, 0.25) is 0 Å². The molecule has 1 rings (SSSR count). The Balaban J connectivity index is 2.18. The minimum atomic E-state index is -0.394. The third-order valence-electron chi connectivity index (χ3n) is 6.38. The Morgan fingerprint density at radius 1 is 0.625 bits per heavy atom. The molecule has 0 spiro atoms. The number of esters is 2. The van der Waals surface area contributed by atoms with Gasteiger partial charge in [-0.2, -0.15) is 0 Å². The molecule has 2 atom stereocenters. The summed E-state index contributed by atoms with van der Waals surface area (Å²) >= 11 is 0. The van der Waals surface area contributed by atoms with Gasteiger partial charge in [0.25, 0.3) is 0 Å². The van der Waals surface area contributed by atoms with Gasteiger partial charge >= 0.3 is 11.9 Å². The van der Waals surface area contributed by atoms with E-state index in [4.69, 9.17) is 9.47 Å². The van der Waals surface area contributed by atoms with Gasteiger partial charge in [0.1, 0.15) is 0 Å². The van der Waals surface area contributed by atoms with Gasteiger partial charge in [0, 0.05) is 0 Å². The summed E-state index contributed by atoms with van der Waals surface area (Å²) in [6.07, 6.45) is 19.2. The van der Waals surface area contributed by atoms with Gasteiger partial charge < -0.3 is 9.47 Å². The number of carbonyl (C=O) groups is 2. The van der Waals surface area contributed by atoms with Crippen molar-refractivity contribution in [3.63, 3.8) is 0 Å². The van der Waals surface area contributed by atoms with Crippen molar-refractivity contribution in [2.45, 2.75) is 118 Å². The first-order valence-corrected chi connectivity index (χ1v) is 13.4. The topological polar surface area (TPSA) is 52.6 Å². The first-order chi connectivity index (χ1) is 15.4. The van der Waals surface area contributed by atoms with E-state index in [1.54, 1.807) is 0 Å². The van der Waals surface area contributed by atoms with E-state index in [9.17, 15) is 9.59 Å². The van der Waals surface area contributed by atoms with Gasteiger partial charge in [-0.05, 0) is 37.5 Å². The Morgan fingerprint density at radius 3 is 1.34 bits per heavy atom. The minimum absolute atomic E-state index is 0.235. The Morgan fingerprint density at radius 2 is 0.969 bits per heavy atom. The van der Waals surface area contributed by atoms with Crippen molar-refractivity contribution < 1.29 is 19.1 Å². The molecule has 0 unspecified atom stereocenters. The van der Waals surface area contributed by atoms with Crippen molar-refractivity contribution in [1.29, 1.82) is 0 Å². The molecule has 4 nitrogen and oxygen atoms in total. The van der Waals surface area contributed by atoms with Gasteiger partial charge in [-0.3, -0.25) is 9.59 Å². The molecule has 0 aromatic rings. The first kappa shape index (κ1) is 28.7. The SMILES string of the molecule is CC(C)CCCCCCCOC(=O)[C@H]1CC=CC[C@@H]1C(=O)OCCCCCCCC(C)C. The van der Waals surface area contributed by atoms with Crippen LogP contribution in [0.3, 0.4) is 0 Å². The van der Waals surface area contributed by atoms with Crippen LogP contribution in [0.25, 0.3) is 0 Å². The maximum absolute atomic E-state index is 12.6. The van der Waals surface area contributed by atoms with Gasteiger partial charge in [0.05, 0.1) is 25.0 Å². The number of hydrogen-bond donors (Lipinski definition) is 0. The van der Waals surface area contributed by atoms with E-state index in [0.717, 1.165) is 37.5 Å². The van der Waals surface area contributed by atoms with Gasteiger partial charge in [-0.15, -0.1) is 0 Å². The molecule has 0 heterocycles. The molecule has 4 heteroatoms. The Hall–Kier alpha value is -1.32. The van der Waals surface area contributed by atoms with Crippen LogP contribution in [-0.2, 0) is 19.1 Å². The van der Waals surface area contributed by atoms with E-state index in [1.807, 2.05) is 12.2 Å². The van der Waals surface area contributed by atoms with Crippen LogP contribution in [0.4, 0.5) is 0 Å². The zero-order chi connectivity index (χ0) is 23.6. The highest BCUT2D eigenvalue weighted by molar-refractivity contribution is 5.82. The van der Waals surface area contributed by atoms with Crippen molar-refractivity contribution >= 4 is 11.9 Å². The summed E-state index contributed by atoms with van der Waals surface area (Å²) in [5.41, 5.74) is 0. The molecule has 0 amide bonds. The van der Waals surface area contributed by atoms with E-state index in [-0.39, 0.29) is 11.9 Å². The zero-order valence-corrected chi connectivity index (χ0v) is 21.4. The maximum atomic E-state index is 12.6. The Bertz CT molecular complexity index is 478. The monoisotopic (exact) mass is 450 g/mol. The second-order valence-electron chi connectivity index (χ2n) is 10.4. The average molecular weight is 451 g/mol. The standard InChI is InChI=1S/C28H50O4/c1-23(2)17-11-7-5-9-15-21-31-27(29)25-19-13-14-20-26(25)28(30)32-22-16-10-6-8-12-18-24(3)4/h13-14,23-26H,5-12,15-22H2,1-4H3/t25-,26-/m0/s1. The molecule has 0 N–H and O–H groups in total. The summed E-state index contributed by atoms with van der Waals surface area (Å²) < 4.78 is 11.0. The molecule has 0 radical (unpaired) electrons. The van der Waals surface area contributed by atoms with E-state index in [0.29, 0.717) is 26.1 Å². The largest absolute Gasteiger partial charge is 0.465 e. The van der Waals surface area contributed by atoms with Crippen LogP contribution in [0.1, 0.15) is 118 Å². The van der Waals surface area contributed by atoms with Gasteiger partial charge in [0.2, 0.25) is 0 Å². The van der Waals surface area contributed by atoms with E-state index in [1.165, 1.54) is 51.4 Å². The summed E-state index contributed by atoms with van der Waals surface area (Å²) in [7, 11) is 0. The third-order valence-corrected chi connectivity index (χ3v) is 6.38. The van der Waals surface area contributed by atoms with Crippen LogP contribution in [0.5, 0.6) is 0 Å². The van der Waals surface area contributed by atoms with E-state index < -0.39 is 11.8 Å². The van der Waals surface area contributed by atoms with Crippen LogP contribution < -0.4 is 0 Å². The van der Waals surface area contributed by atoms with Gasteiger partial charge in [-0.1, -0.05) is 104 Å². The summed E-state index contributed by atoms with van der Waals surface area (Å²) in [4.78, 5) is 25.2. The molecule has 1 aliphatic rings. The summed E-state index contributed by atoms with van der Waals surface area (Å²) in [6.45, 7) is 9.97.